The summed E-state index contributed by atoms with van der Waals surface area (Å²) < 4.78 is 21.3. The highest BCUT2D eigenvalue weighted by atomic mass is 35.5. The molecule has 1 aliphatic carbocycles. The first-order chi connectivity index (χ1) is 15.6. The molecular formula is C23H21ClFN5OS. The molecule has 1 fully saturated rings. The predicted octanol–water partition coefficient (Wildman–Crippen LogP) is 6.76. The van der Waals surface area contributed by atoms with Crippen LogP contribution in [-0.4, -0.2) is 25.0 Å². The molecular weight excluding hydrogens is 449 g/mol. The Morgan fingerprint density at radius 3 is 2.53 bits per heavy atom. The van der Waals surface area contributed by atoms with Crippen LogP contribution in [0.3, 0.4) is 0 Å². The van der Waals surface area contributed by atoms with Gasteiger partial charge in [0.25, 0.3) is 0 Å². The Kier molecular flexibility index (Phi) is 5.97. The summed E-state index contributed by atoms with van der Waals surface area (Å²) in [5.74, 6) is 1.32. The van der Waals surface area contributed by atoms with E-state index in [4.69, 9.17) is 16.0 Å². The van der Waals surface area contributed by atoms with Gasteiger partial charge in [0.2, 0.25) is 11.8 Å². The van der Waals surface area contributed by atoms with Crippen molar-refractivity contribution < 1.29 is 8.81 Å². The van der Waals surface area contributed by atoms with Crippen molar-refractivity contribution in [2.75, 3.05) is 0 Å². The van der Waals surface area contributed by atoms with Crippen LogP contribution in [0.5, 0.6) is 0 Å². The van der Waals surface area contributed by atoms with Crippen LogP contribution in [0.25, 0.3) is 22.8 Å². The highest BCUT2D eigenvalue weighted by Crippen LogP contribution is 2.41. The number of halogens is 2. The third kappa shape index (κ3) is 4.17. The van der Waals surface area contributed by atoms with Gasteiger partial charge < -0.3 is 4.42 Å². The molecule has 0 saturated heterocycles. The second-order valence-corrected chi connectivity index (χ2v) is 9.52. The number of hydrogen-bond acceptors (Lipinski definition) is 6. The lowest BCUT2D eigenvalue weighted by molar-refractivity contribution is 0.482. The predicted molar refractivity (Wildman–Crippen MR) is 122 cm³/mol. The Hall–Kier alpha value is -2.71. The van der Waals surface area contributed by atoms with Gasteiger partial charge >= 0.3 is 0 Å². The van der Waals surface area contributed by atoms with E-state index in [1.807, 2.05) is 31.2 Å². The largest absolute Gasteiger partial charge is 0.419 e. The van der Waals surface area contributed by atoms with E-state index in [1.54, 1.807) is 12.1 Å². The molecule has 2 aromatic heterocycles. The molecule has 9 heteroatoms. The van der Waals surface area contributed by atoms with Crippen LogP contribution >= 0.6 is 23.4 Å². The zero-order valence-corrected chi connectivity index (χ0v) is 19.0. The minimum absolute atomic E-state index is 0.139. The first-order valence-corrected chi connectivity index (χ1v) is 11.8. The summed E-state index contributed by atoms with van der Waals surface area (Å²) in [5.41, 5.74) is 1.56. The zero-order valence-electron chi connectivity index (χ0n) is 17.4. The molecule has 0 unspecified atom stereocenters. The normalized spacial score (nSPS) is 15.3. The van der Waals surface area contributed by atoms with Gasteiger partial charge in [-0.25, -0.2) is 4.39 Å². The molecule has 0 bridgehead atoms. The molecule has 0 aliphatic heterocycles. The van der Waals surface area contributed by atoms with E-state index in [-0.39, 0.29) is 11.1 Å². The fourth-order valence-electron chi connectivity index (χ4n) is 3.99. The number of aromatic nitrogens is 5. The monoisotopic (exact) mass is 469 g/mol. The number of hydrogen-bond donors (Lipinski definition) is 0. The molecule has 4 aromatic rings. The molecule has 2 aromatic carbocycles. The van der Waals surface area contributed by atoms with Crippen LogP contribution in [-0.2, 0) is 0 Å². The average molecular weight is 470 g/mol. The van der Waals surface area contributed by atoms with Crippen LogP contribution in [0.1, 0.15) is 49.8 Å². The molecule has 2 heterocycles. The van der Waals surface area contributed by atoms with E-state index in [0.717, 1.165) is 29.4 Å². The summed E-state index contributed by atoms with van der Waals surface area (Å²) in [4.78, 5) is 0. The topological polar surface area (TPSA) is 69.6 Å². The molecule has 1 atom stereocenters. The molecule has 1 saturated carbocycles. The molecule has 32 heavy (non-hydrogen) atoms. The van der Waals surface area contributed by atoms with Crippen molar-refractivity contribution in [3.05, 3.63) is 65.3 Å². The van der Waals surface area contributed by atoms with E-state index in [1.165, 1.54) is 36.7 Å². The fourth-order valence-corrected chi connectivity index (χ4v) is 5.16. The van der Waals surface area contributed by atoms with Gasteiger partial charge in [-0.2, -0.15) is 0 Å². The SMILES string of the molecule is C[C@H](Sc1nnc(-c2ccccc2Cl)n1C1CCCC1)c1nnc(-c2ccc(F)cc2)o1. The van der Waals surface area contributed by atoms with Gasteiger partial charge in [0, 0.05) is 17.2 Å². The maximum atomic E-state index is 13.2. The second kappa shape index (κ2) is 9.03. The third-order valence-electron chi connectivity index (χ3n) is 5.63. The van der Waals surface area contributed by atoms with Crippen molar-refractivity contribution in [1.29, 1.82) is 0 Å². The smallest absolute Gasteiger partial charge is 0.247 e. The van der Waals surface area contributed by atoms with Crippen LogP contribution in [0, 0.1) is 5.82 Å². The molecule has 5 rings (SSSR count). The van der Waals surface area contributed by atoms with Crippen molar-refractivity contribution in [1.82, 2.24) is 25.0 Å². The van der Waals surface area contributed by atoms with Gasteiger partial charge in [-0.1, -0.05) is 48.3 Å². The summed E-state index contributed by atoms with van der Waals surface area (Å²) >= 11 is 8.01. The van der Waals surface area contributed by atoms with Crippen molar-refractivity contribution in [2.45, 2.75) is 49.1 Å². The summed E-state index contributed by atoms with van der Waals surface area (Å²) in [6.07, 6.45) is 4.56. The van der Waals surface area contributed by atoms with Crippen LogP contribution in [0.15, 0.2) is 58.1 Å². The number of nitrogens with zero attached hydrogens (tertiary/aromatic N) is 5. The fraction of sp³-hybridized carbons (Fsp3) is 0.304. The van der Waals surface area contributed by atoms with Crippen LogP contribution in [0.2, 0.25) is 5.02 Å². The van der Waals surface area contributed by atoms with E-state index in [2.05, 4.69) is 25.0 Å². The first kappa shape index (κ1) is 21.2. The summed E-state index contributed by atoms with van der Waals surface area (Å²) in [6.45, 7) is 2.00. The summed E-state index contributed by atoms with van der Waals surface area (Å²) in [5, 5.41) is 18.7. The molecule has 164 valence electrons. The van der Waals surface area contributed by atoms with Gasteiger partial charge in [0.05, 0.1) is 10.3 Å². The van der Waals surface area contributed by atoms with Crippen LogP contribution in [0.4, 0.5) is 4.39 Å². The van der Waals surface area contributed by atoms with E-state index < -0.39 is 0 Å². The average Bonchev–Trinajstić information content (AvgIpc) is 3.55. The molecule has 0 spiro atoms. The molecule has 6 nitrogen and oxygen atoms in total. The Balaban J connectivity index is 1.44. The molecule has 0 radical (unpaired) electrons. The van der Waals surface area contributed by atoms with Crippen molar-refractivity contribution in [3.63, 3.8) is 0 Å². The Labute approximate surface area is 194 Å². The van der Waals surface area contributed by atoms with Gasteiger partial charge in [-0.3, -0.25) is 4.57 Å². The second-order valence-electron chi connectivity index (χ2n) is 7.81. The minimum Gasteiger partial charge on any atom is -0.419 e. The Morgan fingerprint density at radius 2 is 1.78 bits per heavy atom. The van der Waals surface area contributed by atoms with Gasteiger partial charge in [0.15, 0.2) is 11.0 Å². The zero-order chi connectivity index (χ0) is 22.1. The highest BCUT2D eigenvalue weighted by Gasteiger charge is 2.28. The highest BCUT2D eigenvalue weighted by molar-refractivity contribution is 7.99. The van der Waals surface area contributed by atoms with E-state index in [9.17, 15) is 4.39 Å². The van der Waals surface area contributed by atoms with E-state index >= 15 is 0 Å². The molecule has 0 N–H and O–H groups in total. The lowest BCUT2D eigenvalue weighted by atomic mass is 10.2. The minimum atomic E-state index is -0.307. The van der Waals surface area contributed by atoms with Crippen molar-refractivity contribution in [2.24, 2.45) is 0 Å². The maximum absolute atomic E-state index is 13.2. The van der Waals surface area contributed by atoms with E-state index in [0.29, 0.717) is 28.4 Å². The van der Waals surface area contributed by atoms with Crippen molar-refractivity contribution >= 4 is 23.4 Å². The van der Waals surface area contributed by atoms with Gasteiger partial charge in [-0.15, -0.1) is 20.4 Å². The van der Waals surface area contributed by atoms with Gasteiger partial charge in [-0.05, 0) is 56.2 Å². The Bertz CT molecular complexity index is 1220. The first-order valence-electron chi connectivity index (χ1n) is 10.6. The molecule has 0 amide bonds. The lowest BCUT2D eigenvalue weighted by Gasteiger charge is -2.18. The standard InChI is InChI=1S/C23H21ClFN5OS/c1-14(21-27-28-22(31-21)15-10-12-16(25)13-11-15)32-23-29-26-20(18-8-4-5-9-19(18)24)30(23)17-6-2-3-7-17/h4-5,8-14,17H,2-3,6-7H2,1H3/t14-/m0/s1. The quantitative estimate of drug-likeness (QED) is 0.291. The maximum Gasteiger partial charge on any atom is 0.247 e. The van der Waals surface area contributed by atoms with Gasteiger partial charge in [0.1, 0.15) is 5.82 Å². The number of rotatable bonds is 6. The van der Waals surface area contributed by atoms with Crippen molar-refractivity contribution in [3.8, 4) is 22.8 Å². The lowest BCUT2D eigenvalue weighted by Crippen LogP contribution is -2.09. The number of benzene rings is 2. The number of thioether (sulfide) groups is 1. The molecule has 1 aliphatic rings. The third-order valence-corrected chi connectivity index (χ3v) is 7.00. The summed E-state index contributed by atoms with van der Waals surface area (Å²) in [6, 6.07) is 14.0. The van der Waals surface area contributed by atoms with Crippen LogP contribution < -0.4 is 0 Å². The Morgan fingerprint density at radius 1 is 1.03 bits per heavy atom. The summed E-state index contributed by atoms with van der Waals surface area (Å²) in [7, 11) is 0.